The number of rotatable bonds is 7. The minimum absolute atomic E-state index is 0.0619. The van der Waals surface area contributed by atoms with Crippen molar-refractivity contribution in [2.24, 2.45) is 5.14 Å². The van der Waals surface area contributed by atoms with Gasteiger partial charge in [-0.05, 0) is 33.8 Å². The van der Waals surface area contributed by atoms with Gasteiger partial charge in [0.05, 0.1) is 12.7 Å². The summed E-state index contributed by atoms with van der Waals surface area (Å²) in [4.78, 5) is 12.1. The van der Waals surface area contributed by atoms with Gasteiger partial charge >= 0.3 is 0 Å². The molecule has 0 atom stereocenters. The second kappa shape index (κ2) is 7.06. The first-order valence-electron chi connectivity index (χ1n) is 6.77. The molecule has 8 heteroatoms. The topological polar surface area (TPSA) is 103 Å². The molecule has 1 heterocycles. The van der Waals surface area contributed by atoms with Gasteiger partial charge in [-0.2, -0.15) is 0 Å². The van der Waals surface area contributed by atoms with E-state index < -0.39 is 10.0 Å². The summed E-state index contributed by atoms with van der Waals surface area (Å²) >= 11 is 0. The molecule has 0 aliphatic rings. The Morgan fingerprint density at radius 3 is 2.48 bits per heavy atom. The first-order valence-corrected chi connectivity index (χ1v) is 8.32. The number of sulfonamides is 1. The fourth-order valence-corrected chi connectivity index (χ4v) is 2.30. The molecule has 0 aliphatic heterocycles. The number of primary sulfonamides is 1. The molecule has 7 nitrogen and oxygen atoms in total. The standard InChI is InChI=1S/C13H23N3O4S/c1-9(2)16-8-11(21(14,18)19)7-12(16)13(17)15-5-6-20-10(3)4/h7-10H,5-6H2,1-4H3,(H,15,17)(H2,14,18,19). The third-order valence-corrected chi connectivity index (χ3v) is 3.66. The SMILES string of the molecule is CC(C)OCCNC(=O)c1cc(S(N)(=O)=O)cn1C(C)C. The first-order chi connectivity index (χ1) is 9.62. The predicted molar refractivity (Wildman–Crippen MR) is 79.6 cm³/mol. The van der Waals surface area contributed by atoms with Crippen molar-refractivity contribution in [3.05, 3.63) is 18.0 Å². The molecule has 1 aromatic rings. The number of ether oxygens (including phenoxy) is 1. The third kappa shape index (κ3) is 5.14. The Kier molecular flexibility index (Phi) is 5.94. The molecular formula is C13H23N3O4S. The van der Waals surface area contributed by atoms with Crippen LogP contribution in [0.1, 0.15) is 44.2 Å². The summed E-state index contributed by atoms with van der Waals surface area (Å²) in [5.74, 6) is -0.356. The summed E-state index contributed by atoms with van der Waals surface area (Å²) < 4.78 is 29.7. The molecule has 1 amide bonds. The Hall–Kier alpha value is -1.38. The van der Waals surface area contributed by atoms with E-state index in [0.29, 0.717) is 13.2 Å². The van der Waals surface area contributed by atoms with Gasteiger partial charge in [-0.1, -0.05) is 0 Å². The Morgan fingerprint density at radius 1 is 1.38 bits per heavy atom. The summed E-state index contributed by atoms with van der Waals surface area (Å²) in [5, 5.41) is 7.80. The lowest BCUT2D eigenvalue weighted by Crippen LogP contribution is -2.30. The molecule has 0 unspecified atom stereocenters. The Bertz CT molecular complexity index is 591. The molecule has 1 rings (SSSR count). The molecule has 120 valence electrons. The van der Waals surface area contributed by atoms with Gasteiger partial charge in [0, 0.05) is 18.8 Å². The lowest BCUT2D eigenvalue weighted by Gasteiger charge is -2.13. The zero-order valence-corrected chi connectivity index (χ0v) is 13.6. The first kappa shape index (κ1) is 17.7. The number of hydrogen-bond donors (Lipinski definition) is 2. The van der Waals surface area contributed by atoms with E-state index >= 15 is 0 Å². The van der Waals surface area contributed by atoms with Crippen molar-refractivity contribution in [3.63, 3.8) is 0 Å². The van der Waals surface area contributed by atoms with Crippen molar-refractivity contribution < 1.29 is 17.9 Å². The molecule has 1 aromatic heterocycles. The van der Waals surface area contributed by atoms with Crippen LogP contribution >= 0.6 is 0 Å². The lowest BCUT2D eigenvalue weighted by molar-refractivity contribution is 0.0743. The second-order valence-electron chi connectivity index (χ2n) is 5.28. The highest BCUT2D eigenvalue weighted by atomic mass is 32.2. The van der Waals surface area contributed by atoms with Crippen molar-refractivity contribution in [3.8, 4) is 0 Å². The highest BCUT2D eigenvalue weighted by molar-refractivity contribution is 7.89. The van der Waals surface area contributed by atoms with Crippen LogP contribution in [0.4, 0.5) is 0 Å². The van der Waals surface area contributed by atoms with E-state index in [1.807, 2.05) is 27.7 Å². The predicted octanol–water partition coefficient (Wildman–Crippen LogP) is 0.871. The van der Waals surface area contributed by atoms with Gasteiger partial charge in [0.25, 0.3) is 5.91 Å². The quantitative estimate of drug-likeness (QED) is 0.728. The molecule has 0 radical (unpaired) electrons. The molecule has 0 saturated carbocycles. The van der Waals surface area contributed by atoms with Crippen LogP contribution < -0.4 is 10.5 Å². The normalized spacial score (nSPS) is 12.1. The van der Waals surface area contributed by atoms with Gasteiger partial charge in [-0.3, -0.25) is 4.79 Å². The van der Waals surface area contributed by atoms with Crippen LogP contribution in [0.15, 0.2) is 17.2 Å². The van der Waals surface area contributed by atoms with Crippen molar-refractivity contribution >= 4 is 15.9 Å². The van der Waals surface area contributed by atoms with Crippen LogP contribution in [0.5, 0.6) is 0 Å². The minimum Gasteiger partial charge on any atom is -0.377 e. The van der Waals surface area contributed by atoms with Gasteiger partial charge < -0.3 is 14.6 Å². The Morgan fingerprint density at radius 2 is 2.00 bits per heavy atom. The molecule has 0 spiro atoms. The number of hydrogen-bond acceptors (Lipinski definition) is 4. The number of amides is 1. The molecule has 0 bridgehead atoms. The Labute approximate surface area is 125 Å². The highest BCUT2D eigenvalue weighted by Gasteiger charge is 2.20. The maximum Gasteiger partial charge on any atom is 0.268 e. The van der Waals surface area contributed by atoms with Gasteiger partial charge in [-0.25, -0.2) is 13.6 Å². The lowest BCUT2D eigenvalue weighted by atomic mass is 10.3. The number of aromatic nitrogens is 1. The number of carbonyl (C=O) groups excluding carboxylic acids is 1. The van der Waals surface area contributed by atoms with E-state index in [1.165, 1.54) is 12.3 Å². The zero-order chi connectivity index (χ0) is 16.2. The highest BCUT2D eigenvalue weighted by Crippen LogP contribution is 2.17. The van der Waals surface area contributed by atoms with Crippen molar-refractivity contribution in [2.75, 3.05) is 13.2 Å². The van der Waals surface area contributed by atoms with Crippen molar-refractivity contribution in [2.45, 2.75) is 44.7 Å². The number of nitrogens with two attached hydrogens (primary N) is 1. The van der Waals surface area contributed by atoms with Crippen LogP contribution in [0, 0.1) is 0 Å². The molecule has 21 heavy (non-hydrogen) atoms. The summed E-state index contributed by atoms with van der Waals surface area (Å²) in [6.07, 6.45) is 1.47. The fraction of sp³-hybridized carbons (Fsp3) is 0.615. The summed E-state index contributed by atoms with van der Waals surface area (Å²) in [6.45, 7) is 8.27. The van der Waals surface area contributed by atoms with E-state index in [2.05, 4.69) is 5.32 Å². The van der Waals surface area contributed by atoms with Crippen LogP contribution in [0.25, 0.3) is 0 Å². The van der Waals surface area contributed by atoms with Crippen molar-refractivity contribution in [1.82, 2.24) is 9.88 Å². The van der Waals surface area contributed by atoms with Gasteiger partial charge in [0.15, 0.2) is 0 Å². The average molecular weight is 317 g/mol. The maximum absolute atomic E-state index is 12.1. The molecule has 0 aliphatic carbocycles. The average Bonchev–Trinajstić information content (AvgIpc) is 2.79. The number of nitrogens with one attached hydrogen (secondary N) is 1. The maximum atomic E-state index is 12.1. The van der Waals surface area contributed by atoms with Crippen LogP contribution in [-0.2, 0) is 14.8 Å². The van der Waals surface area contributed by atoms with E-state index in [1.54, 1.807) is 4.57 Å². The number of carbonyl (C=O) groups is 1. The Balaban J connectivity index is 2.85. The van der Waals surface area contributed by atoms with Gasteiger partial charge in [-0.15, -0.1) is 0 Å². The van der Waals surface area contributed by atoms with E-state index in [4.69, 9.17) is 9.88 Å². The van der Waals surface area contributed by atoms with Crippen LogP contribution in [0.2, 0.25) is 0 Å². The summed E-state index contributed by atoms with van der Waals surface area (Å²) in [7, 11) is -3.83. The van der Waals surface area contributed by atoms with E-state index in [-0.39, 0.29) is 28.6 Å². The smallest absolute Gasteiger partial charge is 0.268 e. The summed E-state index contributed by atoms with van der Waals surface area (Å²) in [5.41, 5.74) is 0.263. The minimum atomic E-state index is -3.83. The van der Waals surface area contributed by atoms with Gasteiger partial charge in [0.2, 0.25) is 10.0 Å². The molecule has 0 aromatic carbocycles. The third-order valence-electron chi connectivity index (χ3n) is 2.78. The van der Waals surface area contributed by atoms with E-state index in [9.17, 15) is 13.2 Å². The summed E-state index contributed by atoms with van der Waals surface area (Å²) in [6, 6.07) is 1.22. The zero-order valence-electron chi connectivity index (χ0n) is 12.8. The molecule has 3 N–H and O–H groups in total. The fourth-order valence-electron chi connectivity index (χ4n) is 1.77. The molecule has 0 fully saturated rings. The number of nitrogens with zero attached hydrogens (tertiary/aromatic N) is 1. The monoisotopic (exact) mass is 317 g/mol. The van der Waals surface area contributed by atoms with Crippen LogP contribution in [0.3, 0.4) is 0 Å². The largest absolute Gasteiger partial charge is 0.377 e. The van der Waals surface area contributed by atoms with Crippen LogP contribution in [-0.4, -0.2) is 38.1 Å². The molecule has 0 saturated heterocycles. The van der Waals surface area contributed by atoms with Crippen molar-refractivity contribution in [1.29, 1.82) is 0 Å². The van der Waals surface area contributed by atoms with Gasteiger partial charge in [0.1, 0.15) is 10.6 Å². The van der Waals surface area contributed by atoms with E-state index in [0.717, 1.165) is 0 Å². The second-order valence-corrected chi connectivity index (χ2v) is 6.84. The molecular weight excluding hydrogens is 294 g/mol.